The van der Waals surface area contributed by atoms with Crippen LogP contribution in [-0.2, 0) is 23.1 Å². The molecule has 9 heteroatoms. The molecular weight excluding hydrogens is 541 g/mol. The number of nitrogens with zero attached hydrogens (tertiary/aromatic N) is 3. The zero-order chi connectivity index (χ0) is 29.5. The van der Waals surface area contributed by atoms with Crippen LogP contribution in [0.4, 0.5) is 21.7 Å². The average Bonchev–Trinajstić information content (AvgIpc) is 3.14. The van der Waals surface area contributed by atoms with Gasteiger partial charge in [-0.2, -0.15) is 0 Å². The van der Waals surface area contributed by atoms with Crippen LogP contribution in [0.5, 0.6) is 0 Å². The third-order valence-corrected chi connectivity index (χ3v) is 8.60. The number of fused-ring (bicyclic) bond motifs is 1. The molecule has 0 spiro atoms. The van der Waals surface area contributed by atoms with E-state index in [0.717, 1.165) is 53.9 Å². The van der Waals surface area contributed by atoms with Crippen LogP contribution in [0, 0.1) is 12.7 Å². The van der Waals surface area contributed by atoms with E-state index in [1.807, 2.05) is 58.9 Å². The average molecular weight is 580 g/mol. The van der Waals surface area contributed by atoms with Crippen LogP contribution < -0.4 is 10.6 Å². The lowest BCUT2D eigenvalue weighted by atomic mass is 9.82. The Bertz CT molecular complexity index is 1460. The molecule has 1 aromatic heterocycles. The van der Waals surface area contributed by atoms with Crippen molar-refractivity contribution in [3.8, 4) is 0 Å². The quantitative estimate of drug-likeness (QED) is 0.291. The van der Waals surface area contributed by atoms with Gasteiger partial charge in [0.2, 0.25) is 11.9 Å². The van der Waals surface area contributed by atoms with E-state index in [1.54, 1.807) is 6.07 Å². The standard InChI is InChI=1S/C32H39ClFN5O2/c1-19-15-27(24(34)16-22(19)20-11-13-39(14-12-20)18-31(2,3)41)38-30-35-17-23(33)25(37-30)10-9-21-7-6-8-26-28(21)32(4,5)29(40)36-26/h6-8,15-17,20,41H,9-14,18H2,1-5H3,(H,36,40)(H,35,37,38). The van der Waals surface area contributed by atoms with Crippen LogP contribution >= 0.6 is 11.6 Å². The van der Waals surface area contributed by atoms with Crippen LogP contribution in [-0.4, -0.2) is 51.1 Å². The van der Waals surface area contributed by atoms with Crippen LogP contribution in [0.15, 0.2) is 36.5 Å². The number of aliphatic hydroxyl groups is 1. The molecule has 3 heterocycles. The first-order valence-electron chi connectivity index (χ1n) is 14.3. The van der Waals surface area contributed by atoms with Crippen molar-refractivity contribution >= 4 is 34.8 Å². The Hall–Kier alpha value is -3.07. The van der Waals surface area contributed by atoms with Gasteiger partial charge in [0.1, 0.15) is 5.82 Å². The maximum absolute atomic E-state index is 15.3. The van der Waals surface area contributed by atoms with Crippen LogP contribution in [0.2, 0.25) is 5.02 Å². The summed E-state index contributed by atoms with van der Waals surface area (Å²) < 4.78 is 15.3. The third kappa shape index (κ3) is 6.40. The molecule has 1 fully saturated rings. The number of hydrogen-bond donors (Lipinski definition) is 3. The molecule has 0 unspecified atom stereocenters. The van der Waals surface area contributed by atoms with Crippen LogP contribution in [0.3, 0.4) is 0 Å². The minimum atomic E-state index is -0.720. The molecule has 2 aliphatic heterocycles. The van der Waals surface area contributed by atoms with E-state index in [-0.39, 0.29) is 23.6 Å². The summed E-state index contributed by atoms with van der Waals surface area (Å²) in [5.41, 5.74) is 4.63. The zero-order valence-corrected chi connectivity index (χ0v) is 25.2. The first-order chi connectivity index (χ1) is 19.3. The van der Waals surface area contributed by atoms with Crippen molar-refractivity contribution in [2.45, 2.75) is 77.2 Å². The highest BCUT2D eigenvalue weighted by molar-refractivity contribution is 6.31. The van der Waals surface area contributed by atoms with Gasteiger partial charge in [0.05, 0.1) is 33.6 Å². The fourth-order valence-electron chi connectivity index (χ4n) is 6.24. The van der Waals surface area contributed by atoms with Crippen molar-refractivity contribution in [2.24, 2.45) is 0 Å². The van der Waals surface area contributed by atoms with Crippen molar-refractivity contribution in [1.29, 1.82) is 0 Å². The maximum Gasteiger partial charge on any atom is 0.234 e. The molecule has 3 N–H and O–H groups in total. The van der Waals surface area contributed by atoms with Crippen LogP contribution in [0.1, 0.15) is 74.4 Å². The molecule has 5 rings (SSSR count). The monoisotopic (exact) mass is 579 g/mol. The number of halogens is 2. The number of likely N-dealkylation sites (tertiary alicyclic amines) is 1. The predicted octanol–water partition coefficient (Wildman–Crippen LogP) is 6.29. The van der Waals surface area contributed by atoms with Gasteiger partial charge in [-0.15, -0.1) is 0 Å². The Kier molecular flexibility index (Phi) is 8.12. The largest absolute Gasteiger partial charge is 0.389 e. The highest BCUT2D eigenvalue weighted by Gasteiger charge is 2.39. The van der Waals surface area contributed by atoms with Gasteiger partial charge in [0, 0.05) is 12.2 Å². The highest BCUT2D eigenvalue weighted by atomic mass is 35.5. The van der Waals surface area contributed by atoms with Crippen molar-refractivity contribution in [2.75, 3.05) is 30.3 Å². The molecule has 218 valence electrons. The number of aryl methyl sites for hydroxylation is 3. The predicted molar refractivity (Wildman–Crippen MR) is 162 cm³/mol. The molecule has 2 aromatic carbocycles. The van der Waals surface area contributed by atoms with Crippen LogP contribution in [0.25, 0.3) is 0 Å². The summed E-state index contributed by atoms with van der Waals surface area (Å²) in [6.07, 6.45) is 4.59. The van der Waals surface area contributed by atoms with Crippen molar-refractivity contribution in [3.63, 3.8) is 0 Å². The summed E-state index contributed by atoms with van der Waals surface area (Å²) in [6, 6.07) is 9.36. The number of piperidine rings is 1. The van der Waals surface area contributed by atoms with E-state index in [2.05, 4.69) is 25.5 Å². The fraction of sp³-hybridized carbons (Fsp3) is 0.469. The molecule has 0 atom stereocenters. The number of benzene rings is 2. The number of β-amino-alcohol motifs (C(OH)–C–C–N with tert-alkyl or cyclic N) is 1. The number of rotatable bonds is 8. The van der Waals surface area contributed by atoms with Crippen molar-refractivity contribution in [1.82, 2.24) is 14.9 Å². The Balaban J connectivity index is 1.28. The highest BCUT2D eigenvalue weighted by Crippen LogP contribution is 2.40. The Morgan fingerprint density at radius 2 is 1.95 bits per heavy atom. The summed E-state index contributed by atoms with van der Waals surface area (Å²) in [5.74, 6) is 0.214. The Morgan fingerprint density at radius 3 is 2.66 bits per heavy atom. The molecule has 2 aliphatic rings. The number of nitrogens with one attached hydrogen (secondary N) is 2. The Morgan fingerprint density at radius 1 is 1.22 bits per heavy atom. The summed E-state index contributed by atoms with van der Waals surface area (Å²) in [6.45, 7) is 11.9. The minimum absolute atomic E-state index is 0.00829. The first-order valence-corrected chi connectivity index (χ1v) is 14.7. The second-order valence-corrected chi connectivity index (χ2v) is 13.0. The number of amides is 1. The van der Waals surface area contributed by atoms with E-state index >= 15 is 4.39 Å². The van der Waals surface area contributed by atoms with Crippen molar-refractivity contribution in [3.05, 3.63) is 75.3 Å². The summed E-state index contributed by atoms with van der Waals surface area (Å²) >= 11 is 6.46. The number of carbonyl (C=O) groups is 1. The number of hydrogen-bond acceptors (Lipinski definition) is 6. The minimum Gasteiger partial charge on any atom is -0.389 e. The van der Waals surface area contributed by atoms with Gasteiger partial charge < -0.3 is 20.6 Å². The van der Waals surface area contributed by atoms with E-state index in [1.165, 1.54) is 6.20 Å². The maximum atomic E-state index is 15.3. The summed E-state index contributed by atoms with van der Waals surface area (Å²) in [7, 11) is 0. The number of carbonyl (C=O) groups excluding carboxylic acids is 1. The normalized spacial score (nSPS) is 17.4. The molecule has 1 saturated heterocycles. The molecule has 0 saturated carbocycles. The second-order valence-electron chi connectivity index (χ2n) is 12.6. The molecule has 3 aromatic rings. The lowest BCUT2D eigenvalue weighted by Gasteiger charge is -2.36. The van der Waals surface area contributed by atoms with E-state index < -0.39 is 11.0 Å². The first kappa shape index (κ1) is 29.4. The molecule has 41 heavy (non-hydrogen) atoms. The molecule has 0 bridgehead atoms. The van der Waals surface area contributed by atoms with E-state index in [4.69, 9.17) is 11.6 Å². The lowest BCUT2D eigenvalue weighted by Crippen LogP contribution is -2.42. The smallest absolute Gasteiger partial charge is 0.234 e. The number of aromatic nitrogens is 2. The zero-order valence-electron chi connectivity index (χ0n) is 24.4. The second kappa shape index (κ2) is 11.3. The molecule has 1 amide bonds. The van der Waals surface area contributed by atoms with Gasteiger partial charge in [-0.25, -0.2) is 14.4 Å². The summed E-state index contributed by atoms with van der Waals surface area (Å²) in [4.78, 5) is 23.7. The molecule has 0 aliphatic carbocycles. The fourth-order valence-corrected chi connectivity index (χ4v) is 6.42. The van der Waals surface area contributed by atoms with Gasteiger partial charge in [-0.1, -0.05) is 23.7 Å². The van der Waals surface area contributed by atoms with Gasteiger partial charge in [0.15, 0.2) is 0 Å². The van der Waals surface area contributed by atoms with Gasteiger partial charge >= 0.3 is 0 Å². The van der Waals surface area contributed by atoms with Crippen molar-refractivity contribution < 1.29 is 14.3 Å². The van der Waals surface area contributed by atoms with E-state index in [0.29, 0.717) is 35.8 Å². The molecular formula is C32H39ClFN5O2. The van der Waals surface area contributed by atoms with Gasteiger partial charge in [-0.05, 0) is 120 Å². The summed E-state index contributed by atoms with van der Waals surface area (Å²) in [5, 5.41) is 16.6. The topological polar surface area (TPSA) is 90.4 Å². The van der Waals surface area contributed by atoms with Gasteiger partial charge in [0.25, 0.3) is 0 Å². The van der Waals surface area contributed by atoms with E-state index in [9.17, 15) is 9.90 Å². The number of anilines is 3. The molecule has 0 radical (unpaired) electrons. The third-order valence-electron chi connectivity index (χ3n) is 8.28. The van der Waals surface area contributed by atoms with Gasteiger partial charge in [-0.3, -0.25) is 4.79 Å². The molecule has 7 nitrogen and oxygen atoms in total. The Labute approximate surface area is 246 Å². The lowest BCUT2D eigenvalue weighted by molar-refractivity contribution is -0.119. The SMILES string of the molecule is Cc1cc(Nc2ncc(Cl)c(CCc3cccc4c3C(C)(C)C(=O)N4)n2)c(F)cc1C1CCN(CC(C)(C)O)CC1.